The molecule has 4 nitrogen and oxygen atoms in total. The zero-order valence-corrected chi connectivity index (χ0v) is 20.7. The number of ether oxygens (including phenoxy) is 1. The lowest BCUT2D eigenvalue weighted by atomic mass is 9.77. The summed E-state index contributed by atoms with van der Waals surface area (Å²) in [5.41, 5.74) is -3.27. The predicted molar refractivity (Wildman–Crippen MR) is 127 cm³/mol. The second-order valence-corrected chi connectivity index (χ2v) is 9.23. The largest absolute Gasteiger partial charge is 0.469 e. The Balaban J connectivity index is 2.08. The summed E-state index contributed by atoms with van der Waals surface area (Å²) in [5, 5.41) is 4.25. The average Bonchev–Trinajstić information content (AvgIpc) is 3.26. The molecule has 13 heteroatoms. The van der Waals surface area contributed by atoms with Gasteiger partial charge in [0.05, 0.1) is 18.3 Å². The zero-order valence-electron chi connectivity index (χ0n) is 19.9. The summed E-state index contributed by atoms with van der Waals surface area (Å²) in [6.45, 7) is 0. The first-order chi connectivity index (χ1) is 18.2. The Kier molecular flexibility index (Phi) is 7.48. The molecule has 3 aromatic rings. The highest BCUT2D eigenvalue weighted by Gasteiger charge is 2.63. The number of halogens is 9. The van der Waals surface area contributed by atoms with E-state index in [-0.39, 0.29) is 22.7 Å². The minimum Gasteiger partial charge on any atom is -0.428 e. The fraction of sp³-hybridized carbons (Fsp3) is 0.231. The van der Waals surface area contributed by atoms with Gasteiger partial charge in [0.1, 0.15) is 17.3 Å². The van der Waals surface area contributed by atoms with Gasteiger partial charge >= 0.3 is 18.7 Å². The Morgan fingerprint density at radius 1 is 0.974 bits per heavy atom. The van der Waals surface area contributed by atoms with Crippen LogP contribution < -0.4 is 4.74 Å². The number of nitrogens with zero attached hydrogens (tertiary/aromatic N) is 3. The molecule has 0 N–H and O–H groups in total. The minimum absolute atomic E-state index is 0.0929. The van der Waals surface area contributed by atoms with E-state index in [1.54, 1.807) is 30.3 Å². The number of quaternary nitrogens is 1. The van der Waals surface area contributed by atoms with Gasteiger partial charge in [-0.25, -0.2) is 4.39 Å². The Hall–Kier alpha value is -3.51. The lowest BCUT2D eigenvalue weighted by Gasteiger charge is -2.45. The molecule has 1 aliphatic rings. The van der Waals surface area contributed by atoms with Crippen LogP contribution in [0.5, 0.6) is 5.75 Å². The molecular formula is C26H19ClF8N3O+. The van der Waals surface area contributed by atoms with Crippen molar-refractivity contribution < 1.29 is 44.5 Å². The van der Waals surface area contributed by atoms with Crippen molar-refractivity contribution in [2.45, 2.75) is 30.7 Å². The molecular weight excluding hydrogens is 558 g/mol. The van der Waals surface area contributed by atoms with Gasteiger partial charge in [-0.3, -0.25) is 4.98 Å². The van der Waals surface area contributed by atoms with Gasteiger partial charge in [0.2, 0.25) is 11.2 Å². The maximum Gasteiger partial charge on any atom is 0.469 e. The van der Waals surface area contributed by atoms with E-state index in [4.69, 9.17) is 11.6 Å². The summed E-state index contributed by atoms with van der Waals surface area (Å²) < 4.78 is 114. The fourth-order valence-electron chi connectivity index (χ4n) is 4.63. The topological polar surface area (TPSA) is 34.5 Å². The third-order valence-corrected chi connectivity index (χ3v) is 6.57. The Labute approximate surface area is 222 Å². The number of likely N-dealkylation sites (N-methyl/N-ethyl adjacent to an activating group) is 1. The van der Waals surface area contributed by atoms with Crippen molar-refractivity contribution in [3.05, 3.63) is 106 Å². The van der Waals surface area contributed by atoms with Crippen molar-refractivity contribution in [1.29, 1.82) is 0 Å². The number of pyridine rings is 1. The first kappa shape index (κ1) is 28.5. The van der Waals surface area contributed by atoms with Gasteiger partial charge in [-0.05, 0) is 29.8 Å². The van der Waals surface area contributed by atoms with Crippen molar-refractivity contribution in [2.75, 3.05) is 7.05 Å². The number of alkyl halides is 7. The van der Waals surface area contributed by atoms with Gasteiger partial charge in [0, 0.05) is 30.3 Å². The van der Waals surface area contributed by atoms with Crippen LogP contribution in [0.4, 0.5) is 35.1 Å². The van der Waals surface area contributed by atoms with E-state index < -0.39 is 46.1 Å². The smallest absolute Gasteiger partial charge is 0.428 e. The second kappa shape index (κ2) is 10.2. The highest BCUT2D eigenvalue weighted by atomic mass is 35.5. The van der Waals surface area contributed by atoms with Gasteiger partial charge in [0.15, 0.2) is 0 Å². The fourth-order valence-corrected chi connectivity index (χ4v) is 4.74. The molecule has 1 aromatic heterocycles. The number of hydrogen-bond donors (Lipinski definition) is 0. The van der Waals surface area contributed by atoms with Crippen molar-refractivity contribution in [2.24, 2.45) is 5.10 Å². The van der Waals surface area contributed by atoms with Crippen molar-refractivity contribution in [3.8, 4) is 5.75 Å². The molecule has 2 heterocycles. The molecule has 0 bridgehead atoms. The van der Waals surface area contributed by atoms with Crippen LogP contribution in [-0.4, -0.2) is 41.5 Å². The summed E-state index contributed by atoms with van der Waals surface area (Å²) in [6.07, 6.45) is -11.7. The molecule has 1 aliphatic heterocycles. The molecule has 206 valence electrons. The maximum absolute atomic E-state index is 15.0. The lowest BCUT2D eigenvalue weighted by molar-refractivity contribution is -0.938. The van der Waals surface area contributed by atoms with Crippen molar-refractivity contribution in [1.82, 2.24) is 4.98 Å². The molecule has 0 spiro atoms. The van der Waals surface area contributed by atoms with E-state index in [9.17, 15) is 35.1 Å². The summed E-state index contributed by atoms with van der Waals surface area (Å²) in [6, 6.07) is 12.7. The van der Waals surface area contributed by atoms with Gasteiger partial charge in [-0.1, -0.05) is 47.0 Å². The van der Waals surface area contributed by atoms with Crippen LogP contribution in [0.15, 0.2) is 83.7 Å². The molecule has 0 saturated carbocycles. The SMILES string of the molecule is C[N@@+]1(C(Cc2ccccc2)(c2cc(F)cc(OC(F)(F)C(F)F)c2)c2ccc(Cl)cn2)N=CC=C1C(F)(F)F. The van der Waals surface area contributed by atoms with E-state index >= 15 is 0 Å². The molecule has 0 saturated heterocycles. The van der Waals surface area contributed by atoms with E-state index in [1.807, 2.05) is 0 Å². The Bertz CT molecular complexity index is 1400. The third kappa shape index (κ3) is 5.35. The zero-order chi connectivity index (χ0) is 28.6. The molecule has 4 rings (SSSR count). The lowest BCUT2D eigenvalue weighted by Crippen LogP contribution is -2.59. The molecule has 1 unspecified atom stereocenters. The number of hydrogen-bond acceptors (Lipinski definition) is 3. The van der Waals surface area contributed by atoms with Crippen LogP contribution in [0.2, 0.25) is 5.02 Å². The van der Waals surface area contributed by atoms with E-state index in [2.05, 4.69) is 14.8 Å². The van der Waals surface area contributed by atoms with E-state index in [0.29, 0.717) is 11.6 Å². The van der Waals surface area contributed by atoms with Gasteiger partial charge < -0.3 is 4.74 Å². The number of rotatable bonds is 8. The van der Waals surface area contributed by atoms with Gasteiger partial charge in [-0.2, -0.15) is 30.7 Å². The molecule has 0 radical (unpaired) electrons. The Morgan fingerprint density at radius 2 is 1.67 bits per heavy atom. The third-order valence-electron chi connectivity index (χ3n) is 6.34. The molecule has 2 atom stereocenters. The molecule has 2 aromatic carbocycles. The highest BCUT2D eigenvalue weighted by Crippen LogP contribution is 2.51. The van der Waals surface area contributed by atoms with Crippen molar-refractivity contribution in [3.63, 3.8) is 0 Å². The molecule has 0 aliphatic carbocycles. The first-order valence-electron chi connectivity index (χ1n) is 11.2. The van der Waals surface area contributed by atoms with Crippen LogP contribution in [-0.2, 0) is 12.0 Å². The van der Waals surface area contributed by atoms with Crippen LogP contribution in [0.3, 0.4) is 0 Å². The first-order valence-corrected chi connectivity index (χ1v) is 11.6. The standard InChI is InChI=1S/C26H19ClF8N3O/c1-38(22(9-10-37-38)25(31,32)33)24(14-16-5-3-2-4-6-16,21-8-7-18(27)15-36-21)17-11-19(28)13-20(12-17)39-26(34,35)23(29)30/h2-13,15,23H,14H2,1H3/q+1/t24?,38-/m1/s1. The van der Waals surface area contributed by atoms with E-state index in [1.165, 1.54) is 12.1 Å². The van der Waals surface area contributed by atoms with Gasteiger partial charge in [0.25, 0.3) is 0 Å². The van der Waals surface area contributed by atoms with Crippen molar-refractivity contribution >= 4 is 17.8 Å². The quantitative estimate of drug-likeness (QED) is 0.206. The number of benzene rings is 2. The predicted octanol–water partition coefficient (Wildman–Crippen LogP) is 7.49. The normalized spacial score (nSPS) is 19.2. The summed E-state index contributed by atoms with van der Waals surface area (Å²) in [7, 11) is 1.10. The maximum atomic E-state index is 15.0. The summed E-state index contributed by atoms with van der Waals surface area (Å²) in [5.74, 6) is -2.26. The van der Waals surface area contributed by atoms with Crippen LogP contribution in [0.1, 0.15) is 16.8 Å². The van der Waals surface area contributed by atoms with Crippen LogP contribution in [0, 0.1) is 5.82 Å². The molecule has 0 amide bonds. The summed E-state index contributed by atoms with van der Waals surface area (Å²) >= 11 is 5.99. The van der Waals surface area contributed by atoms with E-state index in [0.717, 1.165) is 37.7 Å². The second-order valence-electron chi connectivity index (χ2n) is 8.80. The number of aromatic nitrogens is 1. The Morgan fingerprint density at radius 3 is 2.26 bits per heavy atom. The molecule has 0 fully saturated rings. The molecule has 39 heavy (non-hydrogen) atoms. The van der Waals surface area contributed by atoms with Crippen LogP contribution >= 0.6 is 11.6 Å². The number of allylic oxidation sites excluding steroid dienone is 2. The monoisotopic (exact) mass is 576 g/mol. The van der Waals surface area contributed by atoms with Crippen LogP contribution in [0.25, 0.3) is 0 Å². The minimum atomic E-state index is -5.01. The highest BCUT2D eigenvalue weighted by molar-refractivity contribution is 6.30. The van der Waals surface area contributed by atoms with Gasteiger partial charge in [-0.15, -0.1) is 4.59 Å². The summed E-state index contributed by atoms with van der Waals surface area (Å²) in [4.78, 5) is 4.24. The average molecular weight is 577 g/mol.